The number of hydrogen-bond donors (Lipinski definition) is 0. The van der Waals surface area contributed by atoms with Gasteiger partial charge in [0, 0.05) is 16.4 Å². The van der Waals surface area contributed by atoms with E-state index >= 15 is 0 Å². The molecule has 1 aromatic carbocycles. The molecule has 0 N–H and O–H groups in total. The molecule has 0 saturated carbocycles. The maximum Gasteiger partial charge on any atom is 0.416 e. The van der Waals surface area contributed by atoms with Gasteiger partial charge in [0.2, 0.25) is 0 Å². The third-order valence-corrected chi connectivity index (χ3v) is 7.57. The van der Waals surface area contributed by atoms with Crippen molar-refractivity contribution in [2.24, 2.45) is 10.4 Å². The first kappa shape index (κ1) is 20.2. The Morgan fingerprint density at radius 1 is 1.22 bits per heavy atom. The van der Waals surface area contributed by atoms with Crippen molar-refractivity contribution in [1.29, 1.82) is 0 Å². The molecule has 2 aliphatic rings. The number of fused-ring (bicyclic) bond motifs is 1. The predicted molar refractivity (Wildman–Crippen MR) is 99.6 cm³/mol. The van der Waals surface area contributed by atoms with Crippen LogP contribution in [0.15, 0.2) is 29.3 Å². The normalized spacial score (nSPS) is 26.4. The molecule has 2 heterocycles. The minimum Gasteiger partial charge on any atom is -0.316 e. The molecule has 2 saturated heterocycles. The van der Waals surface area contributed by atoms with Crippen molar-refractivity contribution < 1.29 is 26.4 Å². The zero-order chi connectivity index (χ0) is 20.2. The van der Waals surface area contributed by atoms with Crippen molar-refractivity contribution in [3.63, 3.8) is 0 Å². The van der Waals surface area contributed by atoms with E-state index in [1.807, 2.05) is 0 Å². The molecule has 10 heteroatoms. The molecular weight excluding hydrogens is 401 g/mol. The maximum atomic E-state index is 13.1. The highest BCUT2D eigenvalue weighted by molar-refractivity contribution is 8.16. The van der Waals surface area contributed by atoms with Gasteiger partial charge in [0.1, 0.15) is 0 Å². The Labute approximate surface area is 159 Å². The number of nitrogens with zero attached hydrogens (tertiary/aromatic N) is 2. The number of amidine groups is 1. The number of benzene rings is 1. The SMILES string of the molecule is CC(C)(C)C(=O)N=C1S[C@H]2CS(=O)(=O)C[C@H]2N1c1cccc(C(F)(F)F)c1. The third kappa shape index (κ3) is 4.16. The summed E-state index contributed by atoms with van der Waals surface area (Å²) in [6.07, 6.45) is -4.53. The summed E-state index contributed by atoms with van der Waals surface area (Å²) in [7, 11) is -3.29. The Morgan fingerprint density at radius 2 is 1.89 bits per heavy atom. The summed E-state index contributed by atoms with van der Waals surface area (Å²) in [5.74, 6) is -0.672. The van der Waals surface area contributed by atoms with E-state index in [1.54, 1.807) is 20.8 Å². The second kappa shape index (κ2) is 6.51. The largest absolute Gasteiger partial charge is 0.416 e. The number of anilines is 1. The van der Waals surface area contributed by atoms with E-state index in [1.165, 1.54) is 17.0 Å². The van der Waals surface area contributed by atoms with E-state index in [9.17, 15) is 26.4 Å². The molecule has 27 heavy (non-hydrogen) atoms. The first-order chi connectivity index (χ1) is 12.3. The highest BCUT2D eigenvalue weighted by atomic mass is 32.2. The van der Waals surface area contributed by atoms with Gasteiger partial charge < -0.3 is 4.90 Å². The van der Waals surface area contributed by atoms with Gasteiger partial charge in [0.05, 0.1) is 23.1 Å². The zero-order valence-electron chi connectivity index (χ0n) is 14.9. The predicted octanol–water partition coefficient (Wildman–Crippen LogP) is 3.35. The monoisotopic (exact) mass is 420 g/mol. The summed E-state index contributed by atoms with van der Waals surface area (Å²) in [6.45, 7) is 5.08. The maximum absolute atomic E-state index is 13.1. The molecule has 1 amide bonds. The van der Waals surface area contributed by atoms with E-state index in [0.29, 0.717) is 0 Å². The number of thioether (sulfide) groups is 1. The minimum atomic E-state index is -4.53. The number of rotatable bonds is 1. The topological polar surface area (TPSA) is 66.8 Å². The van der Waals surface area contributed by atoms with E-state index in [4.69, 9.17) is 0 Å². The van der Waals surface area contributed by atoms with Gasteiger partial charge in [0.25, 0.3) is 5.91 Å². The fourth-order valence-corrected chi connectivity index (χ4v) is 6.87. The standard InChI is InChI=1S/C17H19F3N2O3S2/c1-16(2,3)14(23)21-15-22(12-8-27(24,25)9-13(12)26-15)11-6-4-5-10(7-11)17(18,19)20/h4-7,12-13H,8-9H2,1-3H3/t12-,13+/m1/s1. The van der Waals surface area contributed by atoms with E-state index in [2.05, 4.69) is 4.99 Å². The van der Waals surface area contributed by atoms with Gasteiger partial charge in [-0.3, -0.25) is 4.79 Å². The lowest BCUT2D eigenvalue weighted by Crippen LogP contribution is -2.38. The summed E-state index contributed by atoms with van der Waals surface area (Å²) < 4.78 is 63.3. The van der Waals surface area contributed by atoms with Gasteiger partial charge in [-0.2, -0.15) is 18.2 Å². The van der Waals surface area contributed by atoms with Crippen molar-refractivity contribution in [3.8, 4) is 0 Å². The molecule has 1 aromatic rings. The average molecular weight is 420 g/mol. The van der Waals surface area contributed by atoms with Crippen LogP contribution in [0.25, 0.3) is 0 Å². The number of amides is 1. The van der Waals surface area contributed by atoms with Crippen LogP contribution in [0.2, 0.25) is 0 Å². The molecular formula is C17H19F3N2O3S2. The lowest BCUT2D eigenvalue weighted by molar-refractivity contribution is -0.137. The summed E-state index contributed by atoms with van der Waals surface area (Å²) >= 11 is 1.14. The van der Waals surface area contributed by atoms with Crippen LogP contribution in [-0.2, 0) is 20.8 Å². The van der Waals surface area contributed by atoms with Crippen LogP contribution in [0.4, 0.5) is 18.9 Å². The van der Waals surface area contributed by atoms with Crippen LogP contribution in [0.1, 0.15) is 26.3 Å². The zero-order valence-corrected chi connectivity index (χ0v) is 16.6. The summed E-state index contributed by atoms with van der Waals surface area (Å²) in [6, 6.07) is 4.11. The Kier molecular flexibility index (Phi) is 4.87. The summed E-state index contributed by atoms with van der Waals surface area (Å²) in [4.78, 5) is 17.9. The van der Waals surface area contributed by atoms with Crippen molar-refractivity contribution in [1.82, 2.24) is 0 Å². The smallest absolute Gasteiger partial charge is 0.316 e. The molecule has 0 aliphatic carbocycles. The van der Waals surface area contributed by atoms with Crippen LogP contribution in [-0.4, -0.2) is 42.3 Å². The molecule has 2 aliphatic heterocycles. The summed E-state index contributed by atoms with van der Waals surface area (Å²) in [5.41, 5.74) is -1.41. The van der Waals surface area contributed by atoms with Crippen LogP contribution in [0.3, 0.4) is 0 Å². The summed E-state index contributed by atoms with van der Waals surface area (Å²) in [5, 5.41) is -0.116. The fourth-order valence-electron chi connectivity index (χ4n) is 2.95. The van der Waals surface area contributed by atoms with Gasteiger partial charge in [-0.1, -0.05) is 38.6 Å². The number of carbonyl (C=O) groups is 1. The van der Waals surface area contributed by atoms with E-state index in [0.717, 1.165) is 23.9 Å². The van der Waals surface area contributed by atoms with Gasteiger partial charge >= 0.3 is 6.18 Å². The lowest BCUT2D eigenvalue weighted by atomic mass is 9.96. The molecule has 0 spiro atoms. The highest BCUT2D eigenvalue weighted by Crippen LogP contribution is 2.42. The minimum absolute atomic E-state index is 0.0828. The molecule has 0 unspecified atom stereocenters. The quantitative estimate of drug-likeness (QED) is 0.697. The van der Waals surface area contributed by atoms with Gasteiger partial charge in [-0.25, -0.2) is 8.42 Å². The van der Waals surface area contributed by atoms with Gasteiger partial charge in [-0.15, -0.1) is 0 Å². The first-order valence-electron chi connectivity index (χ1n) is 8.25. The van der Waals surface area contributed by atoms with Crippen LogP contribution < -0.4 is 4.90 Å². The number of aliphatic imine (C=N–C) groups is 1. The average Bonchev–Trinajstić information content (AvgIpc) is 2.96. The first-order valence-corrected chi connectivity index (χ1v) is 10.9. The second-order valence-corrected chi connectivity index (χ2v) is 11.0. The molecule has 148 valence electrons. The second-order valence-electron chi connectivity index (χ2n) is 7.67. The number of sulfone groups is 1. The molecule has 0 aromatic heterocycles. The molecule has 3 rings (SSSR count). The van der Waals surface area contributed by atoms with Crippen molar-refractivity contribution in [2.75, 3.05) is 16.4 Å². The lowest BCUT2D eigenvalue weighted by Gasteiger charge is -2.26. The van der Waals surface area contributed by atoms with Crippen molar-refractivity contribution in [2.45, 2.75) is 38.2 Å². The van der Waals surface area contributed by atoms with Crippen molar-refractivity contribution >= 4 is 38.4 Å². The Balaban J connectivity index is 2.07. The highest BCUT2D eigenvalue weighted by Gasteiger charge is 2.50. The third-order valence-electron chi connectivity index (χ3n) is 4.36. The number of hydrogen-bond acceptors (Lipinski definition) is 4. The molecule has 0 bridgehead atoms. The Bertz CT molecular complexity index is 905. The Morgan fingerprint density at radius 3 is 2.48 bits per heavy atom. The van der Waals surface area contributed by atoms with Crippen LogP contribution in [0, 0.1) is 5.41 Å². The molecule has 5 nitrogen and oxygen atoms in total. The number of alkyl halides is 3. The van der Waals surface area contributed by atoms with Crippen molar-refractivity contribution in [3.05, 3.63) is 29.8 Å². The fraction of sp³-hybridized carbons (Fsp3) is 0.529. The molecule has 0 radical (unpaired) electrons. The Hall–Kier alpha value is -1.55. The number of halogens is 3. The van der Waals surface area contributed by atoms with Gasteiger partial charge in [0.15, 0.2) is 15.0 Å². The molecule has 2 fully saturated rings. The van der Waals surface area contributed by atoms with E-state index < -0.39 is 38.9 Å². The number of carbonyl (C=O) groups excluding carboxylic acids is 1. The van der Waals surface area contributed by atoms with Gasteiger partial charge in [-0.05, 0) is 18.2 Å². The van der Waals surface area contributed by atoms with Crippen LogP contribution in [0.5, 0.6) is 0 Å². The van der Waals surface area contributed by atoms with Crippen LogP contribution >= 0.6 is 11.8 Å². The van der Waals surface area contributed by atoms with E-state index in [-0.39, 0.29) is 27.6 Å². The molecule has 2 atom stereocenters.